The summed E-state index contributed by atoms with van der Waals surface area (Å²) in [5.41, 5.74) is -4.64. The van der Waals surface area contributed by atoms with Gasteiger partial charge in [0.2, 0.25) is 0 Å². The molecule has 7 aromatic rings. The summed E-state index contributed by atoms with van der Waals surface area (Å²) in [6.07, 6.45) is 18.0. The van der Waals surface area contributed by atoms with E-state index in [1.165, 1.54) is 107 Å². The first-order valence-corrected chi connectivity index (χ1v) is 52.2. The summed E-state index contributed by atoms with van der Waals surface area (Å²) in [7, 11) is -14.0. The van der Waals surface area contributed by atoms with Gasteiger partial charge in [-0.25, -0.2) is 13.2 Å². The molecule has 33 heteroatoms. The van der Waals surface area contributed by atoms with Gasteiger partial charge in [-0.1, -0.05) is 210 Å². The van der Waals surface area contributed by atoms with Gasteiger partial charge in [0.15, 0.2) is 52.9 Å². The molecule has 0 aromatic heterocycles. The molecule has 7 aromatic carbocycles. The van der Waals surface area contributed by atoms with E-state index in [4.69, 9.17) is 37.9 Å². The maximum Gasteiger partial charge on any atom is 0.450 e. The van der Waals surface area contributed by atoms with E-state index in [1.54, 1.807) is 39.5 Å². The van der Waals surface area contributed by atoms with Crippen LogP contribution < -0.4 is 13.7 Å². The lowest BCUT2D eigenvalue weighted by molar-refractivity contribution is -0.247. The molecule has 0 amide bonds. The average Bonchev–Trinajstić information content (AvgIpc) is 1.49. The van der Waals surface area contributed by atoms with E-state index in [1.807, 2.05) is 48.5 Å². The monoisotopic (exact) mass is 2090 g/mol. The van der Waals surface area contributed by atoms with Crippen LogP contribution in [0.25, 0.3) is 21.5 Å². The van der Waals surface area contributed by atoms with Gasteiger partial charge in [-0.3, -0.25) is 28.8 Å². The number of carbonyl (C=O) groups is 7. The van der Waals surface area contributed by atoms with Crippen molar-refractivity contribution in [2.24, 2.45) is 62.1 Å². The molecule has 23 nitrogen and oxygen atoms in total. The molecule has 10 unspecified atom stereocenters. The Hall–Kier alpha value is -9.93. The molecular formula is C111H155F6N2O21S4+. The van der Waals surface area contributed by atoms with E-state index in [2.05, 4.69) is 151 Å². The molecule has 800 valence electrons. The van der Waals surface area contributed by atoms with Crippen molar-refractivity contribution < 1.29 is 123 Å². The summed E-state index contributed by atoms with van der Waals surface area (Å²) in [6, 6.07) is 56.2. The molecule has 0 radical (unpaired) electrons. The van der Waals surface area contributed by atoms with Crippen molar-refractivity contribution in [2.75, 3.05) is 24.7 Å². The van der Waals surface area contributed by atoms with E-state index >= 15 is 0 Å². The normalized spacial score (nSPS) is 21.9. The van der Waals surface area contributed by atoms with Crippen LogP contribution in [0, 0.1) is 84.7 Å². The second-order valence-corrected chi connectivity index (χ2v) is 46.2. The molecule has 0 N–H and O–H groups in total. The zero-order chi connectivity index (χ0) is 99.6. The number of hydrogen-bond acceptors (Lipinski definition) is 23. The predicted octanol–water partition coefficient (Wildman–Crippen LogP) is 26.5. The molecule has 10 atom stereocenters. The highest BCUT2D eigenvalue weighted by atomic mass is 32.2. The van der Waals surface area contributed by atoms with Gasteiger partial charge in [0.25, 0.3) is 0 Å². The van der Waals surface area contributed by atoms with Crippen molar-refractivity contribution >= 4 is 105 Å². The minimum absolute atomic E-state index is 0. The van der Waals surface area contributed by atoms with Gasteiger partial charge in [-0.15, -0.1) is 0 Å². The molecule has 4 bridgehead atoms. The highest BCUT2D eigenvalue weighted by Crippen LogP contribution is 2.64. The Morgan fingerprint density at radius 3 is 1.33 bits per heavy atom. The number of hydrogen-bond donors (Lipinski definition) is 0. The van der Waals surface area contributed by atoms with Gasteiger partial charge in [-0.05, 0) is 237 Å². The van der Waals surface area contributed by atoms with Gasteiger partial charge < -0.3 is 46.6 Å². The lowest BCUT2D eigenvalue weighted by Gasteiger charge is -2.32. The number of nitrogens with zero attached hydrogens (tertiary/aromatic N) is 2. The third kappa shape index (κ3) is 27.2. The summed E-state index contributed by atoms with van der Waals surface area (Å²) in [6.45, 7) is 24.3. The van der Waals surface area contributed by atoms with Crippen molar-refractivity contribution in [3.63, 3.8) is 0 Å². The van der Waals surface area contributed by atoms with Crippen LogP contribution in [0.1, 0.15) is 278 Å². The van der Waals surface area contributed by atoms with Gasteiger partial charge in [0, 0.05) is 56.1 Å². The lowest BCUT2D eigenvalue weighted by atomic mass is 9.74. The zero-order valence-corrected chi connectivity index (χ0v) is 82.4. The van der Waals surface area contributed by atoms with Crippen molar-refractivity contribution in [3.05, 3.63) is 164 Å². The number of carbonyl (C=O) groups excluding carboxylic acids is 7. The molecule has 0 spiro atoms. The summed E-state index contributed by atoms with van der Waals surface area (Å²) in [5, 5.41) is 7.02. The van der Waals surface area contributed by atoms with Crippen LogP contribution in [0.5, 0.6) is 17.2 Å². The number of alkyl halides is 6. The van der Waals surface area contributed by atoms with E-state index in [0.29, 0.717) is 55.5 Å². The van der Waals surface area contributed by atoms with Crippen LogP contribution in [0.15, 0.2) is 183 Å². The molecule has 3 saturated heterocycles. The molecule has 3 aliphatic heterocycles. The Kier molecular flexibility index (Phi) is 46.4. The first-order valence-electron chi connectivity index (χ1n) is 46.6. The Balaban J connectivity index is 0.000000447. The van der Waals surface area contributed by atoms with Crippen molar-refractivity contribution in [1.82, 2.24) is 0 Å². The molecule has 9 aliphatic rings. The highest BCUT2D eigenvalue weighted by Gasteiger charge is 2.81. The van der Waals surface area contributed by atoms with E-state index in [0.717, 1.165) is 68.6 Å². The van der Waals surface area contributed by atoms with Crippen molar-refractivity contribution in [3.8, 4) is 29.4 Å². The topological polar surface area (TPSA) is 341 Å². The molecule has 16 rings (SSSR count). The summed E-state index contributed by atoms with van der Waals surface area (Å²) < 4.78 is 186. The van der Waals surface area contributed by atoms with Crippen LogP contribution in [0.4, 0.5) is 26.3 Å². The Morgan fingerprint density at radius 1 is 0.479 bits per heavy atom. The number of rotatable bonds is 28. The largest absolute Gasteiger partial charge is 0.743 e. The van der Waals surface area contributed by atoms with E-state index in [9.17, 15) is 91.8 Å². The standard InChI is InChI=1S/C21H27OS.C19H18F6O8S2.C18H15S.C17H21NO6.C15H19NO4.C13H24O2.8CH4/c1-2-8-17(9-3-1)16-22-20-12-13-21(23-14-6-7-15-23)19-11-5-4-10-18(19)20;1-4-16(2,3)15(26)32-13-9-5-8-12-11(13)7-6-10-14(12)33-35(30,31)19(24,25)17(20,21)18(22,23)34(27,28)29;1-4-10-16(11-5-1)19(17-12-6-2-7-13-17)18-14-8-3-9-15-18;1-4-16(2,3)14(20)22-7-11(19)23-12-9-5-10-13(12)24-15(21)17(10,6-9)8-18;1-4-14(2,3)12(17)19-10-8-5-9-11(10)20-13(18)15(9,6-8)7-16;1-5-12(3,4)11(14)15-13(6-2)9-7-8-10-13;;;;;;;;/h4-5,10-13,17H,1-3,6-9,14-16H2;5-10H,4H2,1-3H3,(H,27,28,29);1-15H;9-10,12-13H,4-7H2,1-3H3;8-11H,4-6H2,1-3H3;5-10H2,1-4H3;8*1H4/q+1;;+1;;;;;;;;;;;/p-1. The Morgan fingerprint density at radius 2 is 0.882 bits per heavy atom. The SMILES string of the molecule is C.C.C.C.C.C.C.C.CCC(C)(C)C(=O)OC1C2CC3C1OC(=O)C3(C#N)C2.CCC(C)(C)C(=O)OCC(=O)OC1C2CC3C1OC(=O)C3(C#N)C2.CCC(C)(C)C(=O)Oc1cccc2c(OS(=O)(=O)C(F)(F)C(F)(F)C(F)(F)S(=O)(=O)[O-])cccc12.CCC1(OC(=O)C(C)(C)CC)CCCC1.c1ccc([S+](c2ccccc2)c2ccccc2)cc1.c1ccc2c([S+]3CCCC3)ccc(OCC3CCCCC3)c2c1. The minimum Gasteiger partial charge on any atom is -0.743 e. The number of esters is 7. The van der Waals surface area contributed by atoms with E-state index < -0.39 is 124 Å². The smallest absolute Gasteiger partial charge is 0.450 e. The highest BCUT2D eigenvalue weighted by molar-refractivity contribution is 7.97. The molecule has 144 heavy (non-hydrogen) atoms. The van der Waals surface area contributed by atoms with Crippen molar-refractivity contribution in [1.29, 1.82) is 10.5 Å². The molecular weight excluding hydrogens is 1940 g/mol. The van der Waals surface area contributed by atoms with Crippen LogP contribution in [-0.2, 0) is 104 Å². The van der Waals surface area contributed by atoms with Gasteiger partial charge in [0.05, 0.1) is 51.3 Å². The first-order chi connectivity index (χ1) is 64.1. The van der Waals surface area contributed by atoms with Crippen LogP contribution in [-0.4, -0.2) is 134 Å². The van der Waals surface area contributed by atoms with Crippen LogP contribution in [0.3, 0.4) is 0 Å². The fourth-order valence-corrected chi connectivity index (χ4v) is 24.3. The Bertz CT molecular complexity index is 5670. The molecule has 3 heterocycles. The quantitative estimate of drug-likeness (QED) is 0.00836. The zero-order valence-electron chi connectivity index (χ0n) is 79.1. The fraction of sp³-hybridized carbons (Fsp3) is 0.577. The maximum absolute atomic E-state index is 14.1. The van der Waals surface area contributed by atoms with Crippen molar-refractivity contribution in [2.45, 2.75) is 344 Å². The second-order valence-electron chi connectivity index (χ2n) is 38.9. The number of halogens is 6. The van der Waals surface area contributed by atoms with Gasteiger partial charge >= 0.3 is 68.3 Å². The lowest BCUT2D eigenvalue weighted by Crippen LogP contribution is -2.61. The first kappa shape index (κ1) is 128. The summed E-state index contributed by atoms with van der Waals surface area (Å²) >= 11 is 0. The minimum atomic E-state index is -7.42. The van der Waals surface area contributed by atoms with E-state index in [-0.39, 0.29) is 140 Å². The summed E-state index contributed by atoms with van der Waals surface area (Å²) in [4.78, 5) is 90.0. The van der Waals surface area contributed by atoms with Crippen LogP contribution in [0.2, 0.25) is 0 Å². The number of nitriles is 2. The van der Waals surface area contributed by atoms with Gasteiger partial charge in [-0.2, -0.15) is 45.3 Å². The fourth-order valence-electron chi connectivity index (χ4n) is 18.3. The third-order valence-corrected chi connectivity index (χ3v) is 35.4. The van der Waals surface area contributed by atoms with Gasteiger partial charge in [0.1, 0.15) is 53.0 Å². The molecule has 9 fully saturated rings. The number of benzene rings is 7. The maximum atomic E-state index is 14.1. The number of fused-ring (bicyclic) bond motifs is 4. The molecule has 6 aliphatic carbocycles. The second kappa shape index (κ2) is 52.1. The van der Waals surface area contributed by atoms with Crippen LogP contribution >= 0.6 is 0 Å². The number of ether oxygens (including phenoxy) is 8. The predicted molar refractivity (Wildman–Crippen MR) is 552 cm³/mol. The third-order valence-electron chi connectivity index (χ3n) is 28.5. The average molecular weight is 2100 g/mol. The summed E-state index contributed by atoms with van der Waals surface area (Å²) in [5.74, 6) is -7.18. The molecule has 6 saturated carbocycles. The Labute approximate surface area is 857 Å².